The van der Waals surface area contributed by atoms with Crippen LogP contribution in [0.1, 0.15) is 5.56 Å². The molecule has 5 N–H and O–H groups in total. The molecule has 1 atom stereocenters. The average molecular weight is 341 g/mol. The van der Waals surface area contributed by atoms with E-state index in [0.717, 1.165) is 12.1 Å². The van der Waals surface area contributed by atoms with E-state index in [1.54, 1.807) is 0 Å². The molecule has 10 heteroatoms. The second-order valence-electron chi connectivity index (χ2n) is 3.58. The van der Waals surface area contributed by atoms with E-state index >= 15 is 0 Å². The molecule has 1 unspecified atom stereocenters. The number of nitrogen functional groups attached to an aromatic ring is 1. The van der Waals surface area contributed by atoms with Gasteiger partial charge in [0.15, 0.2) is 0 Å². The van der Waals surface area contributed by atoms with E-state index in [1.165, 1.54) is 6.07 Å². The van der Waals surface area contributed by atoms with Crippen molar-refractivity contribution in [3.63, 3.8) is 0 Å². The van der Waals surface area contributed by atoms with Gasteiger partial charge in [0.25, 0.3) is 0 Å². The van der Waals surface area contributed by atoms with E-state index in [1.807, 2.05) is 0 Å². The number of hydrogen-bond donors (Lipinski definition) is 3. The molecular weight excluding hydrogens is 327 g/mol. The molecule has 0 aliphatic heterocycles. The van der Waals surface area contributed by atoms with Crippen LogP contribution in [0.3, 0.4) is 0 Å². The first-order valence-electron chi connectivity index (χ1n) is 4.90. The molecule has 0 radical (unpaired) electrons. The summed E-state index contributed by atoms with van der Waals surface area (Å²) in [4.78, 5) is 0. The van der Waals surface area contributed by atoms with Gasteiger partial charge in [0.05, 0.1) is 0 Å². The number of nitrogens with two attached hydrogens (primary N) is 2. The van der Waals surface area contributed by atoms with Crippen molar-refractivity contribution in [1.29, 1.82) is 0 Å². The summed E-state index contributed by atoms with van der Waals surface area (Å²) in [6.07, 6.45) is -5.12. The number of benzene rings is 1. The van der Waals surface area contributed by atoms with Gasteiger partial charge in [0, 0.05) is 18.4 Å². The van der Waals surface area contributed by atoms with Crippen molar-refractivity contribution in [3.8, 4) is 5.75 Å². The Morgan fingerprint density at radius 3 is 2.10 bits per heavy atom. The number of anilines is 1. The van der Waals surface area contributed by atoms with E-state index in [2.05, 4.69) is 10.5 Å². The van der Waals surface area contributed by atoms with E-state index < -0.39 is 17.9 Å². The summed E-state index contributed by atoms with van der Waals surface area (Å²) < 4.78 is 53.4. The van der Waals surface area contributed by atoms with E-state index in [9.17, 15) is 17.6 Å². The summed E-state index contributed by atoms with van der Waals surface area (Å²) in [5.41, 5.74) is 10.5. The third kappa shape index (κ3) is 5.20. The van der Waals surface area contributed by atoms with Crippen LogP contribution in [0.25, 0.3) is 0 Å². The Labute approximate surface area is 124 Å². The molecule has 0 spiro atoms. The number of aliphatic hydroxyl groups excluding tert-OH is 1. The minimum Gasteiger partial charge on any atom is -0.439 e. The Morgan fingerprint density at radius 2 is 1.70 bits per heavy atom. The number of ether oxygens (including phenoxy) is 1. The zero-order chi connectivity index (χ0) is 14.0. The quantitative estimate of drug-likeness (QED) is 0.339. The fourth-order valence-corrected chi connectivity index (χ4v) is 1.21. The Kier molecular flexibility index (Phi) is 8.24. The lowest BCUT2D eigenvalue weighted by molar-refractivity contribution is -0.299. The summed E-state index contributed by atoms with van der Waals surface area (Å²) >= 11 is 0. The molecule has 118 valence electrons. The molecule has 0 aliphatic carbocycles. The fraction of sp³-hybridized carbons (Fsp3) is 0.400. The maximum atomic E-state index is 13.0. The smallest absolute Gasteiger partial charge is 0.439 e. The Balaban J connectivity index is 0. The number of hydrogen-bond acceptors (Lipinski definition) is 4. The topological polar surface area (TPSA) is 81.5 Å². The van der Waals surface area contributed by atoms with Gasteiger partial charge in [0.1, 0.15) is 5.75 Å². The summed E-state index contributed by atoms with van der Waals surface area (Å²) in [7, 11) is 0. The third-order valence-corrected chi connectivity index (χ3v) is 2.15. The molecular formula is C10H14Cl2F4N2O2. The molecule has 1 rings (SSSR count). The van der Waals surface area contributed by atoms with Crippen molar-refractivity contribution in [2.24, 2.45) is 5.73 Å². The van der Waals surface area contributed by atoms with Gasteiger partial charge in [-0.2, -0.15) is 17.6 Å². The Hall–Kier alpha value is -0.960. The normalized spacial score (nSPS) is 13.7. The van der Waals surface area contributed by atoms with Crippen LogP contribution in [0.4, 0.5) is 23.2 Å². The van der Waals surface area contributed by atoms with Crippen LogP contribution in [0, 0.1) is 0 Å². The van der Waals surface area contributed by atoms with E-state index in [0.29, 0.717) is 5.56 Å². The van der Waals surface area contributed by atoms with E-state index in [-0.39, 0.29) is 43.5 Å². The SMILES string of the molecule is Cl.Cl.Nc1cc(OC(N)(F)C(F)(F)F)ccc1CCO. The van der Waals surface area contributed by atoms with Gasteiger partial charge in [-0.15, -0.1) is 24.8 Å². The standard InChI is InChI=1S/C10H12F4N2O2.2ClH/c11-9(12,13)10(14,16)18-7-2-1-6(3-4-17)8(15)5-7;;/h1-2,5,17H,3-4,15-16H2;2*1H. The van der Waals surface area contributed by atoms with Gasteiger partial charge in [-0.05, 0) is 18.1 Å². The molecule has 0 amide bonds. The predicted molar refractivity (Wildman–Crippen MR) is 70.8 cm³/mol. The number of rotatable bonds is 4. The Morgan fingerprint density at radius 1 is 1.15 bits per heavy atom. The highest BCUT2D eigenvalue weighted by molar-refractivity contribution is 5.85. The number of alkyl halides is 4. The molecule has 0 heterocycles. The number of halogens is 6. The van der Waals surface area contributed by atoms with Crippen LogP contribution in [0.15, 0.2) is 18.2 Å². The molecule has 0 saturated heterocycles. The molecule has 4 nitrogen and oxygen atoms in total. The van der Waals surface area contributed by atoms with Crippen LogP contribution in [-0.4, -0.2) is 23.9 Å². The van der Waals surface area contributed by atoms with Gasteiger partial charge >= 0.3 is 12.2 Å². The number of aliphatic hydroxyl groups is 1. The minimum atomic E-state index is -5.36. The first-order chi connectivity index (χ1) is 8.17. The zero-order valence-electron chi connectivity index (χ0n) is 9.98. The monoisotopic (exact) mass is 340 g/mol. The van der Waals surface area contributed by atoms with Gasteiger partial charge in [-0.25, -0.2) is 0 Å². The molecule has 0 saturated carbocycles. The van der Waals surface area contributed by atoms with E-state index in [4.69, 9.17) is 10.8 Å². The minimum absolute atomic E-state index is 0. The third-order valence-electron chi connectivity index (χ3n) is 2.15. The van der Waals surface area contributed by atoms with Crippen molar-refractivity contribution in [2.45, 2.75) is 18.6 Å². The van der Waals surface area contributed by atoms with Gasteiger partial charge < -0.3 is 15.6 Å². The zero-order valence-corrected chi connectivity index (χ0v) is 11.6. The summed E-state index contributed by atoms with van der Waals surface area (Å²) in [5, 5.41) is 8.69. The maximum absolute atomic E-state index is 13.0. The summed E-state index contributed by atoms with van der Waals surface area (Å²) in [6.45, 7) is -0.170. The predicted octanol–water partition coefficient (Wildman–Crippen LogP) is 2.17. The van der Waals surface area contributed by atoms with Crippen molar-refractivity contribution >= 4 is 30.5 Å². The highest BCUT2D eigenvalue weighted by atomic mass is 35.5. The van der Waals surface area contributed by atoms with Crippen LogP contribution in [-0.2, 0) is 6.42 Å². The lowest BCUT2D eigenvalue weighted by Crippen LogP contribution is -2.54. The summed E-state index contributed by atoms with van der Waals surface area (Å²) in [6, 6.07) is 3.43. The highest BCUT2D eigenvalue weighted by Gasteiger charge is 2.56. The first kappa shape index (κ1) is 21.3. The highest BCUT2D eigenvalue weighted by Crippen LogP contribution is 2.33. The maximum Gasteiger partial charge on any atom is 0.477 e. The van der Waals surface area contributed by atoms with Crippen molar-refractivity contribution in [1.82, 2.24) is 0 Å². The molecule has 0 aliphatic rings. The second kappa shape index (κ2) is 7.72. The van der Waals surface area contributed by atoms with Crippen LogP contribution >= 0.6 is 24.8 Å². The molecule has 0 aromatic heterocycles. The molecule has 20 heavy (non-hydrogen) atoms. The second-order valence-corrected chi connectivity index (χ2v) is 3.58. The Bertz CT molecular complexity index is 430. The molecule has 1 aromatic carbocycles. The summed E-state index contributed by atoms with van der Waals surface area (Å²) in [5.74, 6) is -4.73. The van der Waals surface area contributed by atoms with Crippen molar-refractivity contribution < 1.29 is 27.4 Å². The van der Waals surface area contributed by atoms with Gasteiger partial charge in [-0.1, -0.05) is 6.07 Å². The lowest BCUT2D eigenvalue weighted by Gasteiger charge is -2.24. The van der Waals surface area contributed by atoms with Crippen LogP contribution < -0.4 is 16.2 Å². The fourth-order valence-electron chi connectivity index (χ4n) is 1.21. The molecule has 0 fully saturated rings. The first-order valence-corrected chi connectivity index (χ1v) is 4.90. The van der Waals surface area contributed by atoms with Gasteiger partial charge in [0.2, 0.25) is 0 Å². The largest absolute Gasteiger partial charge is 0.477 e. The molecule has 0 bridgehead atoms. The van der Waals surface area contributed by atoms with Crippen molar-refractivity contribution in [3.05, 3.63) is 23.8 Å². The van der Waals surface area contributed by atoms with Gasteiger partial charge in [-0.3, -0.25) is 5.73 Å². The average Bonchev–Trinajstić information content (AvgIpc) is 2.20. The lowest BCUT2D eigenvalue weighted by atomic mass is 10.1. The van der Waals surface area contributed by atoms with Crippen LogP contribution in [0.5, 0.6) is 5.75 Å². The van der Waals surface area contributed by atoms with Crippen LogP contribution in [0.2, 0.25) is 0 Å². The van der Waals surface area contributed by atoms with Crippen molar-refractivity contribution in [2.75, 3.05) is 12.3 Å². The molecule has 1 aromatic rings.